The Hall–Kier alpha value is -1.59. The number of amides is 2. The van der Waals surface area contributed by atoms with Gasteiger partial charge < -0.3 is 15.1 Å². The third-order valence-corrected chi connectivity index (χ3v) is 4.83. The van der Waals surface area contributed by atoms with E-state index in [-0.39, 0.29) is 30.3 Å². The van der Waals surface area contributed by atoms with Gasteiger partial charge in [0.25, 0.3) is 11.8 Å². The minimum absolute atomic E-state index is 0. The number of nitrogens with zero attached hydrogens (tertiary/aromatic N) is 2. The number of carbonyl (C=O) groups is 2. The minimum atomic E-state index is 0. The van der Waals surface area contributed by atoms with Crippen LogP contribution in [0.4, 0.5) is 0 Å². The van der Waals surface area contributed by atoms with Crippen molar-refractivity contribution in [2.45, 2.75) is 52.5 Å². The topological polar surface area (TPSA) is 52.7 Å². The van der Waals surface area contributed by atoms with Gasteiger partial charge in [0.05, 0.1) is 0 Å². The van der Waals surface area contributed by atoms with Gasteiger partial charge in [0.2, 0.25) is 0 Å². The van der Waals surface area contributed by atoms with Crippen molar-refractivity contribution < 1.29 is 9.59 Å². The van der Waals surface area contributed by atoms with Crippen LogP contribution in [0.5, 0.6) is 0 Å². The van der Waals surface area contributed by atoms with Crippen molar-refractivity contribution in [3.8, 4) is 0 Å². The second kappa shape index (κ2) is 12.0. The van der Waals surface area contributed by atoms with Crippen LogP contribution in [0.25, 0.3) is 0 Å². The number of carbonyl (C=O) groups excluding carboxylic acids is 2. The summed E-state index contributed by atoms with van der Waals surface area (Å²) in [6.07, 6.45) is 3.79. The molecule has 1 aromatic carbocycles. The minimum Gasteiger partial charge on any atom is -0.339 e. The zero-order valence-electron chi connectivity index (χ0n) is 16.9. The Labute approximate surface area is 169 Å². The van der Waals surface area contributed by atoms with Crippen molar-refractivity contribution >= 4 is 24.2 Å². The standard InChI is InChI=1S/C21H33N3O2.ClH/c1-4-12-23(13-5-2)20(25)17-8-7-9-18(15-17)21(26)24(14-6-3)19-10-11-22-16-19;/h7-9,15,19,22H,4-6,10-14,16H2,1-3H3;1H. The number of nitrogens with one attached hydrogen (secondary N) is 1. The van der Waals surface area contributed by atoms with E-state index in [1.807, 2.05) is 28.0 Å². The highest BCUT2D eigenvalue weighted by atomic mass is 35.5. The molecule has 152 valence electrons. The molecule has 0 aromatic heterocycles. The molecule has 2 rings (SSSR count). The summed E-state index contributed by atoms with van der Waals surface area (Å²) in [4.78, 5) is 29.8. The molecule has 1 fully saturated rings. The summed E-state index contributed by atoms with van der Waals surface area (Å²) >= 11 is 0. The van der Waals surface area contributed by atoms with Crippen LogP contribution in [0, 0.1) is 0 Å². The van der Waals surface area contributed by atoms with Gasteiger partial charge in [-0.2, -0.15) is 0 Å². The lowest BCUT2D eigenvalue weighted by Crippen LogP contribution is -2.42. The van der Waals surface area contributed by atoms with E-state index < -0.39 is 0 Å². The molecule has 0 radical (unpaired) electrons. The summed E-state index contributed by atoms with van der Waals surface area (Å²) in [5.41, 5.74) is 1.22. The quantitative estimate of drug-likeness (QED) is 0.695. The van der Waals surface area contributed by atoms with Gasteiger partial charge >= 0.3 is 0 Å². The molecule has 1 saturated heterocycles. The molecular weight excluding hydrogens is 362 g/mol. The molecule has 1 aliphatic rings. The molecule has 1 aromatic rings. The van der Waals surface area contributed by atoms with Gasteiger partial charge in [-0.15, -0.1) is 12.4 Å². The lowest BCUT2D eigenvalue weighted by atomic mass is 10.1. The van der Waals surface area contributed by atoms with Gasteiger partial charge in [-0.1, -0.05) is 26.8 Å². The van der Waals surface area contributed by atoms with Gasteiger partial charge in [-0.25, -0.2) is 0 Å². The molecule has 1 aliphatic heterocycles. The summed E-state index contributed by atoms with van der Waals surface area (Å²) in [6.45, 7) is 10.3. The summed E-state index contributed by atoms with van der Waals surface area (Å²) in [7, 11) is 0. The Bertz CT molecular complexity index is 597. The monoisotopic (exact) mass is 395 g/mol. The molecule has 1 heterocycles. The van der Waals surface area contributed by atoms with Crippen molar-refractivity contribution in [1.82, 2.24) is 15.1 Å². The van der Waals surface area contributed by atoms with E-state index in [1.165, 1.54) is 0 Å². The Balaban J connectivity index is 0.00000364. The largest absolute Gasteiger partial charge is 0.339 e. The molecule has 0 saturated carbocycles. The highest BCUT2D eigenvalue weighted by Crippen LogP contribution is 2.16. The van der Waals surface area contributed by atoms with E-state index in [4.69, 9.17) is 0 Å². The van der Waals surface area contributed by atoms with Gasteiger partial charge in [0.1, 0.15) is 0 Å². The fraction of sp³-hybridized carbons (Fsp3) is 0.619. The maximum absolute atomic E-state index is 13.1. The van der Waals surface area contributed by atoms with Crippen LogP contribution < -0.4 is 5.32 Å². The van der Waals surface area contributed by atoms with Gasteiger partial charge in [0, 0.05) is 43.3 Å². The van der Waals surface area contributed by atoms with Crippen molar-refractivity contribution in [2.75, 3.05) is 32.7 Å². The Morgan fingerprint density at radius 1 is 1.00 bits per heavy atom. The van der Waals surface area contributed by atoms with Gasteiger partial charge in [-0.05, 0) is 50.4 Å². The predicted molar refractivity (Wildman–Crippen MR) is 113 cm³/mol. The smallest absolute Gasteiger partial charge is 0.254 e. The molecule has 27 heavy (non-hydrogen) atoms. The number of rotatable bonds is 9. The van der Waals surface area contributed by atoms with Crippen LogP contribution >= 0.6 is 12.4 Å². The lowest BCUT2D eigenvalue weighted by molar-refractivity contribution is 0.0692. The highest BCUT2D eigenvalue weighted by Gasteiger charge is 2.27. The van der Waals surface area contributed by atoms with Crippen molar-refractivity contribution in [2.24, 2.45) is 0 Å². The molecular formula is C21H34ClN3O2. The summed E-state index contributed by atoms with van der Waals surface area (Å²) in [5, 5.41) is 3.34. The van der Waals surface area contributed by atoms with Crippen LogP contribution in [0.1, 0.15) is 67.2 Å². The first-order chi connectivity index (χ1) is 12.6. The second-order valence-corrected chi connectivity index (χ2v) is 7.02. The van der Waals surface area contributed by atoms with Crippen LogP contribution in [0.3, 0.4) is 0 Å². The number of hydrogen-bond donors (Lipinski definition) is 1. The third-order valence-electron chi connectivity index (χ3n) is 4.83. The first-order valence-electron chi connectivity index (χ1n) is 10.0. The Kier molecular flexibility index (Phi) is 10.4. The maximum Gasteiger partial charge on any atom is 0.254 e. The molecule has 6 heteroatoms. The van der Waals surface area contributed by atoms with E-state index in [9.17, 15) is 9.59 Å². The molecule has 1 atom stereocenters. The van der Waals surface area contributed by atoms with Crippen molar-refractivity contribution in [1.29, 1.82) is 0 Å². The number of hydrogen-bond acceptors (Lipinski definition) is 3. The summed E-state index contributed by atoms with van der Waals surface area (Å²) in [5.74, 6) is 0.0562. The maximum atomic E-state index is 13.1. The molecule has 0 aliphatic carbocycles. The van der Waals surface area contributed by atoms with Gasteiger partial charge in [-0.3, -0.25) is 9.59 Å². The molecule has 5 nitrogen and oxygen atoms in total. The third kappa shape index (κ3) is 6.22. The lowest BCUT2D eigenvalue weighted by Gasteiger charge is -2.28. The van der Waals surface area contributed by atoms with Crippen LogP contribution in [0.2, 0.25) is 0 Å². The van der Waals surface area contributed by atoms with E-state index >= 15 is 0 Å². The normalized spacial score (nSPS) is 15.9. The Morgan fingerprint density at radius 3 is 2.11 bits per heavy atom. The molecule has 0 bridgehead atoms. The molecule has 2 amide bonds. The fourth-order valence-electron chi connectivity index (χ4n) is 3.58. The van der Waals surface area contributed by atoms with E-state index in [0.717, 1.165) is 58.4 Å². The first kappa shape index (κ1) is 23.4. The first-order valence-corrected chi connectivity index (χ1v) is 10.0. The van der Waals surface area contributed by atoms with Crippen molar-refractivity contribution in [3.05, 3.63) is 35.4 Å². The molecule has 1 unspecified atom stereocenters. The van der Waals surface area contributed by atoms with Crippen molar-refractivity contribution in [3.63, 3.8) is 0 Å². The number of benzene rings is 1. The molecule has 0 spiro atoms. The fourth-order valence-corrected chi connectivity index (χ4v) is 3.58. The average molecular weight is 396 g/mol. The van der Waals surface area contributed by atoms with E-state index in [1.54, 1.807) is 6.07 Å². The summed E-state index contributed by atoms with van der Waals surface area (Å²) < 4.78 is 0. The highest BCUT2D eigenvalue weighted by molar-refractivity contribution is 5.99. The zero-order chi connectivity index (χ0) is 18.9. The second-order valence-electron chi connectivity index (χ2n) is 7.02. The van der Waals surface area contributed by atoms with Gasteiger partial charge in [0.15, 0.2) is 0 Å². The number of halogens is 1. The summed E-state index contributed by atoms with van der Waals surface area (Å²) in [6, 6.07) is 7.49. The van der Waals surface area contributed by atoms with E-state index in [2.05, 4.69) is 26.1 Å². The zero-order valence-corrected chi connectivity index (χ0v) is 17.7. The predicted octanol–water partition coefficient (Wildman–Crippen LogP) is 3.58. The van der Waals surface area contributed by atoms with Crippen LogP contribution in [-0.2, 0) is 0 Å². The Morgan fingerprint density at radius 2 is 1.59 bits per heavy atom. The SMILES string of the molecule is CCCN(CCC)C(=O)c1cccc(C(=O)N(CCC)C2CCNC2)c1.Cl. The van der Waals surface area contributed by atoms with Crippen LogP contribution in [-0.4, -0.2) is 60.4 Å². The van der Waals surface area contributed by atoms with Crippen LogP contribution in [0.15, 0.2) is 24.3 Å². The van der Waals surface area contributed by atoms with E-state index in [0.29, 0.717) is 11.1 Å². The average Bonchev–Trinajstić information content (AvgIpc) is 3.19. The molecule has 1 N–H and O–H groups in total.